The van der Waals surface area contributed by atoms with Crippen LogP contribution in [0.5, 0.6) is 23.0 Å². The Balaban J connectivity index is 2.35. The average Bonchev–Trinajstić information content (AvgIpc) is 2.40. The fourth-order valence-corrected chi connectivity index (χ4v) is 1.62. The van der Waals surface area contributed by atoms with Crippen LogP contribution in [0.15, 0.2) is 36.4 Å². The van der Waals surface area contributed by atoms with Crippen LogP contribution in [0.1, 0.15) is 0 Å². The van der Waals surface area contributed by atoms with Gasteiger partial charge in [0.25, 0.3) is 0 Å². The van der Waals surface area contributed by atoms with Crippen molar-refractivity contribution in [3.8, 4) is 23.0 Å². The third-order valence-corrected chi connectivity index (χ3v) is 2.54. The van der Waals surface area contributed by atoms with Crippen LogP contribution in [0.4, 0.5) is 10.1 Å². The molecule has 0 radical (unpaired) electrons. The predicted molar refractivity (Wildman–Crippen MR) is 70.4 cm³/mol. The first-order valence-corrected chi connectivity index (χ1v) is 5.59. The van der Waals surface area contributed by atoms with Gasteiger partial charge in [-0.05, 0) is 12.1 Å². The largest absolute Gasteiger partial charge is 0.493 e. The summed E-state index contributed by atoms with van der Waals surface area (Å²) in [6, 6.07) is 8.99. The Morgan fingerprint density at radius 2 is 1.63 bits per heavy atom. The lowest BCUT2D eigenvalue weighted by Crippen LogP contribution is -1.97. The third kappa shape index (κ3) is 2.88. The van der Waals surface area contributed by atoms with Crippen molar-refractivity contribution >= 4 is 5.69 Å². The van der Waals surface area contributed by atoms with Gasteiger partial charge in [-0.2, -0.15) is 0 Å². The highest BCUT2D eigenvalue weighted by atomic mass is 19.1. The summed E-state index contributed by atoms with van der Waals surface area (Å²) in [7, 11) is 3.03. The highest BCUT2D eigenvalue weighted by Crippen LogP contribution is 2.38. The number of benzene rings is 2. The molecule has 0 unspecified atom stereocenters. The highest BCUT2D eigenvalue weighted by molar-refractivity contribution is 5.62. The molecule has 0 aliphatic heterocycles. The number of rotatable bonds is 4. The maximum atomic E-state index is 13.1. The lowest BCUT2D eigenvalue weighted by molar-refractivity contribution is 0.352. The molecule has 2 rings (SSSR count). The Bertz CT molecular complexity index is 587. The molecule has 0 saturated carbocycles. The van der Waals surface area contributed by atoms with Crippen molar-refractivity contribution in [2.75, 3.05) is 20.0 Å². The fraction of sp³-hybridized carbons (Fsp3) is 0.143. The normalized spacial score (nSPS) is 10.1. The van der Waals surface area contributed by atoms with E-state index in [2.05, 4.69) is 0 Å². The molecular formula is C14H14FNO3. The van der Waals surface area contributed by atoms with E-state index in [0.717, 1.165) is 0 Å². The smallest absolute Gasteiger partial charge is 0.164 e. The molecule has 4 nitrogen and oxygen atoms in total. The number of halogens is 1. The molecule has 5 heteroatoms. The molecule has 0 spiro atoms. The van der Waals surface area contributed by atoms with Crippen molar-refractivity contribution in [1.82, 2.24) is 0 Å². The summed E-state index contributed by atoms with van der Waals surface area (Å²) in [4.78, 5) is 0. The number of nitrogens with two attached hydrogens (primary N) is 1. The summed E-state index contributed by atoms with van der Waals surface area (Å²) in [5, 5.41) is 0. The van der Waals surface area contributed by atoms with Crippen LogP contribution in [0.3, 0.4) is 0 Å². The zero-order chi connectivity index (χ0) is 13.8. The van der Waals surface area contributed by atoms with E-state index < -0.39 is 0 Å². The molecule has 19 heavy (non-hydrogen) atoms. The number of nitrogen functional groups attached to an aromatic ring is 1. The number of methoxy groups -OCH3 is 2. The van der Waals surface area contributed by atoms with Gasteiger partial charge in [-0.3, -0.25) is 0 Å². The van der Waals surface area contributed by atoms with E-state index in [-0.39, 0.29) is 5.82 Å². The Hall–Kier alpha value is -2.43. The molecule has 0 aliphatic carbocycles. The number of ether oxygens (including phenoxy) is 3. The van der Waals surface area contributed by atoms with Crippen LogP contribution in [-0.4, -0.2) is 14.2 Å². The molecule has 0 heterocycles. The lowest BCUT2D eigenvalue weighted by Gasteiger charge is -2.13. The molecule has 2 aromatic rings. The first kappa shape index (κ1) is 13.0. The maximum Gasteiger partial charge on any atom is 0.164 e. The topological polar surface area (TPSA) is 53.7 Å². The Kier molecular flexibility index (Phi) is 3.75. The Morgan fingerprint density at radius 3 is 2.26 bits per heavy atom. The zero-order valence-electron chi connectivity index (χ0n) is 10.6. The van der Waals surface area contributed by atoms with Gasteiger partial charge in [-0.25, -0.2) is 4.39 Å². The standard InChI is InChI=1S/C14H14FNO3/c1-17-13-7-11(16)12(8-14(13)18-2)19-10-5-3-4-9(15)6-10/h3-8H,16H2,1-2H3. The van der Waals surface area contributed by atoms with Gasteiger partial charge < -0.3 is 19.9 Å². The van der Waals surface area contributed by atoms with Gasteiger partial charge in [0.2, 0.25) is 0 Å². The van der Waals surface area contributed by atoms with E-state index in [1.54, 1.807) is 24.3 Å². The van der Waals surface area contributed by atoms with Crippen molar-refractivity contribution < 1.29 is 18.6 Å². The monoisotopic (exact) mass is 263 g/mol. The van der Waals surface area contributed by atoms with Crippen LogP contribution in [-0.2, 0) is 0 Å². The molecule has 0 bridgehead atoms. The second-order valence-corrected chi connectivity index (χ2v) is 3.80. The van der Waals surface area contributed by atoms with Crippen molar-refractivity contribution in [1.29, 1.82) is 0 Å². The molecule has 0 fully saturated rings. The quantitative estimate of drug-likeness (QED) is 0.860. The van der Waals surface area contributed by atoms with Gasteiger partial charge in [0.05, 0.1) is 19.9 Å². The summed E-state index contributed by atoms with van der Waals surface area (Å²) in [6.45, 7) is 0. The molecule has 2 aromatic carbocycles. The van der Waals surface area contributed by atoms with Gasteiger partial charge in [0.15, 0.2) is 17.2 Å². The maximum absolute atomic E-state index is 13.1. The Morgan fingerprint density at radius 1 is 0.947 bits per heavy atom. The minimum absolute atomic E-state index is 0.360. The van der Waals surface area contributed by atoms with Gasteiger partial charge >= 0.3 is 0 Å². The molecule has 0 aromatic heterocycles. The molecule has 2 N–H and O–H groups in total. The van der Waals surface area contributed by atoms with E-state index >= 15 is 0 Å². The second-order valence-electron chi connectivity index (χ2n) is 3.80. The molecule has 0 aliphatic rings. The highest BCUT2D eigenvalue weighted by Gasteiger charge is 2.11. The fourth-order valence-electron chi connectivity index (χ4n) is 1.62. The van der Waals surface area contributed by atoms with E-state index in [1.165, 1.54) is 26.4 Å². The van der Waals surface area contributed by atoms with Gasteiger partial charge in [0, 0.05) is 18.2 Å². The van der Waals surface area contributed by atoms with Gasteiger partial charge in [-0.1, -0.05) is 6.07 Å². The van der Waals surface area contributed by atoms with Crippen LogP contribution in [0, 0.1) is 5.82 Å². The number of anilines is 1. The van der Waals surface area contributed by atoms with Crippen LogP contribution in [0.2, 0.25) is 0 Å². The van der Waals surface area contributed by atoms with Crippen molar-refractivity contribution in [3.63, 3.8) is 0 Å². The first-order chi connectivity index (χ1) is 9.13. The molecular weight excluding hydrogens is 249 g/mol. The molecule has 0 amide bonds. The predicted octanol–water partition coefficient (Wildman–Crippen LogP) is 3.22. The summed E-state index contributed by atoms with van der Waals surface area (Å²) in [6.07, 6.45) is 0. The van der Waals surface area contributed by atoms with Crippen molar-refractivity contribution in [3.05, 3.63) is 42.2 Å². The van der Waals surface area contributed by atoms with Crippen molar-refractivity contribution in [2.24, 2.45) is 0 Å². The molecule has 100 valence electrons. The summed E-state index contributed by atoms with van der Waals surface area (Å²) in [5.74, 6) is 1.36. The number of hydrogen-bond acceptors (Lipinski definition) is 4. The summed E-state index contributed by atoms with van der Waals surface area (Å²) < 4.78 is 28.9. The van der Waals surface area contributed by atoms with Crippen molar-refractivity contribution in [2.45, 2.75) is 0 Å². The van der Waals surface area contributed by atoms with Crippen LogP contribution < -0.4 is 19.9 Å². The third-order valence-electron chi connectivity index (χ3n) is 2.54. The van der Waals surface area contributed by atoms with Gasteiger partial charge in [-0.15, -0.1) is 0 Å². The van der Waals surface area contributed by atoms with E-state index in [0.29, 0.717) is 28.7 Å². The first-order valence-electron chi connectivity index (χ1n) is 5.59. The minimum atomic E-state index is -0.378. The number of hydrogen-bond donors (Lipinski definition) is 1. The van der Waals surface area contributed by atoms with E-state index in [4.69, 9.17) is 19.9 Å². The van der Waals surface area contributed by atoms with E-state index in [9.17, 15) is 4.39 Å². The SMILES string of the molecule is COc1cc(N)c(Oc2cccc(F)c2)cc1OC. The molecule has 0 saturated heterocycles. The summed E-state index contributed by atoms with van der Waals surface area (Å²) >= 11 is 0. The second kappa shape index (κ2) is 5.48. The van der Waals surface area contributed by atoms with Crippen LogP contribution >= 0.6 is 0 Å². The Labute approximate surface area is 110 Å². The summed E-state index contributed by atoms with van der Waals surface area (Å²) in [5.41, 5.74) is 6.23. The lowest BCUT2D eigenvalue weighted by atomic mass is 10.2. The average molecular weight is 263 g/mol. The van der Waals surface area contributed by atoms with Crippen LogP contribution in [0.25, 0.3) is 0 Å². The minimum Gasteiger partial charge on any atom is -0.493 e. The van der Waals surface area contributed by atoms with Gasteiger partial charge in [0.1, 0.15) is 11.6 Å². The van der Waals surface area contributed by atoms with E-state index in [1.807, 2.05) is 0 Å². The zero-order valence-corrected chi connectivity index (χ0v) is 10.6. The molecule has 0 atom stereocenters.